The van der Waals surface area contributed by atoms with Crippen LogP contribution in [0.5, 0.6) is 0 Å². The lowest BCUT2D eigenvalue weighted by molar-refractivity contribution is -0.130. The van der Waals surface area contributed by atoms with Crippen LogP contribution in [0.1, 0.15) is 13.8 Å². The molecule has 1 heterocycles. The molecule has 0 unspecified atom stereocenters. The van der Waals surface area contributed by atoms with Crippen LogP contribution in [-0.2, 0) is 9.53 Å². The average molecular weight is 201 g/mol. The molecule has 1 saturated heterocycles. The number of hydrogen-bond donors (Lipinski definition) is 2. The normalized spacial score (nSPS) is 20.9. The Morgan fingerprint density at radius 3 is 2.43 bits per heavy atom. The Bertz CT molecular complexity index is 190. The molecular formula is C9H19N3O2. The molecule has 1 atom stereocenters. The van der Waals surface area contributed by atoms with Crippen molar-refractivity contribution in [1.82, 2.24) is 10.3 Å². The van der Waals surface area contributed by atoms with Gasteiger partial charge in [0.2, 0.25) is 0 Å². The van der Waals surface area contributed by atoms with Crippen LogP contribution in [0.4, 0.5) is 0 Å². The minimum absolute atomic E-state index is 0.109. The number of nitrogens with two attached hydrogens (primary N) is 1. The topological polar surface area (TPSA) is 67.6 Å². The van der Waals surface area contributed by atoms with E-state index in [9.17, 15) is 4.79 Å². The molecule has 0 bridgehead atoms. The highest BCUT2D eigenvalue weighted by atomic mass is 16.5. The van der Waals surface area contributed by atoms with Crippen molar-refractivity contribution in [2.45, 2.75) is 19.9 Å². The van der Waals surface area contributed by atoms with Crippen molar-refractivity contribution >= 4 is 5.91 Å². The molecule has 0 aliphatic carbocycles. The molecule has 1 aliphatic heterocycles. The third-order valence-electron chi connectivity index (χ3n) is 2.48. The van der Waals surface area contributed by atoms with Crippen LogP contribution in [-0.4, -0.2) is 43.2 Å². The van der Waals surface area contributed by atoms with Crippen LogP contribution in [0.3, 0.4) is 0 Å². The number of hydrazine groups is 1. The van der Waals surface area contributed by atoms with Gasteiger partial charge in [-0.15, -0.1) is 0 Å². The Kier molecular flexibility index (Phi) is 4.31. The fourth-order valence-electron chi connectivity index (χ4n) is 1.83. The maximum Gasteiger partial charge on any atom is 0.251 e. The summed E-state index contributed by atoms with van der Waals surface area (Å²) in [6, 6.07) is -0.135. The van der Waals surface area contributed by atoms with Crippen LogP contribution in [0, 0.1) is 5.92 Å². The third-order valence-corrected chi connectivity index (χ3v) is 2.48. The van der Waals surface area contributed by atoms with E-state index in [1.54, 1.807) is 0 Å². The van der Waals surface area contributed by atoms with Gasteiger partial charge in [-0.25, -0.2) is 5.84 Å². The van der Waals surface area contributed by atoms with E-state index in [1.807, 2.05) is 13.8 Å². The van der Waals surface area contributed by atoms with Gasteiger partial charge in [0, 0.05) is 13.1 Å². The van der Waals surface area contributed by atoms with Crippen molar-refractivity contribution in [3.8, 4) is 0 Å². The number of amides is 1. The van der Waals surface area contributed by atoms with Gasteiger partial charge in [0.05, 0.1) is 19.3 Å². The summed E-state index contributed by atoms with van der Waals surface area (Å²) in [5, 5.41) is 0. The summed E-state index contributed by atoms with van der Waals surface area (Å²) in [4.78, 5) is 13.7. The van der Waals surface area contributed by atoms with Crippen molar-refractivity contribution in [3.05, 3.63) is 0 Å². The Labute approximate surface area is 84.5 Å². The molecule has 5 nitrogen and oxygen atoms in total. The first-order chi connectivity index (χ1) is 6.66. The third kappa shape index (κ3) is 2.67. The standard InChI is InChI=1S/C9H19N3O2/c1-7(2)8(9(13)11-10)12-3-5-14-6-4-12/h7-8H,3-6,10H2,1-2H3,(H,11,13)/t8-/m0/s1. The van der Waals surface area contributed by atoms with Gasteiger partial charge in [-0.05, 0) is 5.92 Å². The Morgan fingerprint density at radius 1 is 1.43 bits per heavy atom. The van der Waals surface area contributed by atoms with Crippen molar-refractivity contribution in [3.63, 3.8) is 0 Å². The van der Waals surface area contributed by atoms with Gasteiger partial charge in [-0.2, -0.15) is 0 Å². The van der Waals surface area contributed by atoms with Gasteiger partial charge in [0.25, 0.3) is 5.91 Å². The number of carbonyl (C=O) groups is 1. The summed E-state index contributed by atoms with van der Waals surface area (Å²) < 4.78 is 5.24. The number of morpholine rings is 1. The van der Waals surface area contributed by atoms with Crippen molar-refractivity contribution in [2.75, 3.05) is 26.3 Å². The maximum absolute atomic E-state index is 11.5. The highest BCUT2D eigenvalue weighted by molar-refractivity contribution is 5.81. The lowest BCUT2D eigenvalue weighted by Gasteiger charge is -2.35. The smallest absolute Gasteiger partial charge is 0.251 e. The fraction of sp³-hybridized carbons (Fsp3) is 0.889. The zero-order valence-electron chi connectivity index (χ0n) is 8.82. The molecule has 3 N–H and O–H groups in total. The molecule has 0 aromatic rings. The number of ether oxygens (including phenoxy) is 1. The first-order valence-corrected chi connectivity index (χ1v) is 4.99. The summed E-state index contributed by atoms with van der Waals surface area (Å²) in [7, 11) is 0. The van der Waals surface area contributed by atoms with E-state index in [0.29, 0.717) is 13.2 Å². The van der Waals surface area contributed by atoms with E-state index in [2.05, 4.69) is 10.3 Å². The van der Waals surface area contributed by atoms with E-state index in [-0.39, 0.29) is 17.9 Å². The SMILES string of the molecule is CC(C)[C@@H](C(=O)NN)N1CCOCC1. The molecule has 14 heavy (non-hydrogen) atoms. The predicted octanol–water partition coefficient (Wildman–Crippen LogP) is -0.667. The zero-order chi connectivity index (χ0) is 10.6. The molecule has 0 saturated carbocycles. The van der Waals surface area contributed by atoms with E-state index in [0.717, 1.165) is 13.1 Å². The molecule has 1 rings (SSSR count). The fourth-order valence-corrected chi connectivity index (χ4v) is 1.83. The van der Waals surface area contributed by atoms with Crippen molar-refractivity contribution in [2.24, 2.45) is 11.8 Å². The summed E-state index contributed by atoms with van der Waals surface area (Å²) in [6.07, 6.45) is 0. The second-order valence-corrected chi connectivity index (χ2v) is 3.85. The highest BCUT2D eigenvalue weighted by Gasteiger charge is 2.29. The molecule has 82 valence electrons. The van der Waals surface area contributed by atoms with Gasteiger partial charge in [-0.3, -0.25) is 15.1 Å². The van der Waals surface area contributed by atoms with Crippen molar-refractivity contribution < 1.29 is 9.53 Å². The van der Waals surface area contributed by atoms with Crippen LogP contribution in [0.25, 0.3) is 0 Å². The summed E-state index contributed by atoms with van der Waals surface area (Å²) in [5.74, 6) is 5.31. The molecular weight excluding hydrogens is 182 g/mol. The average Bonchev–Trinajstić information content (AvgIpc) is 2.19. The van der Waals surface area contributed by atoms with Crippen LogP contribution < -0.4 is 11.3 Å². The number of nitrogens with zero attached hydrogens (tertiary/aromatic N) is 1. The molecule has 1 amide bonds. The Hall–Kier alpha value is -0.650. The zero-order valence-corrected chi connectivity index (χ0v) is 8.82. The molecule has 0 spiro atoms. The van der Waals surface area contributed by atoms with Gasteiger partial charge < -0.3 is 4.74 Å². The van der Waals surface area contributed by atoms with Gasteiger partial charge >= 0.3 is 0 Å². The molecule has 1 aliphatic rings. The number of rotatable bonds is 3. The van der Waals surface area contributed by atoms with E-state index < -0.39 is 0 Å². The minimum atomic E-state index is -0.135. The monoisotopic (exact) mass is 201 g/mol. The van der Waals surface area contributed by atoms with Gasteiger partial charge in [0.15, 0.2) is 0 Å². The van der Waals surface area contributed by atoms with Crippen molar-refractivity contribution in [1.29, 1.82) is 0 Å². The molecule has 0 radical (unpaired) electrons. The maximum atomic E-state index is 11.5. The van der Waals surface area contributed by atoms with Crippen LogP contribution in [0.2, 0.25) is 0 Å². The molecule has 5 heteroatoms. The van der Waals surface area contributed by atoms with Crippen LogP contribution in [0.15, 0.2) is 0 Å². The summed E-state index contributed by atoms with van der Waals surface area (Å²) in [5.41, 5.74) is 2.22. The van der Waals surface area contributed by atoms with E-state index in [1.165, 1.54) is 0 Å². The lowest BCUT2D eigenvalue weighted by Crippen LogP contribution is -2.54. The molecule has 0 aromatic carbocycles. The summed E-state index contributed by atoms with van der Waals surface area (Å²) >= 11 is 0. The quantitative estimate of drug-likeness (QED) is 0.361. The first kappa shape index (κ1) is 11.4. The second-order valence-electron chi connectivity index (χ2n) is 3.85. The first-order valence-electron chi connectivity index (χ1n) is 4.99. The van der Waals surface area contributed by atoms with E-state index in [4.69, 9.17) is 10.6 Å². The van der Waals surface area contributed by atoms with Crippen LogP contribution >= 0.6 is 0 Å². The second kappa shape index (κ2) is 5.29. The van der Waals surface area contributed by atoms with Gasteiger partial charge in [-0.1, -0.05) is 13.8 Å². The van der Waals surface area contributed by atoms with E-state index >= 15 is 0 Å². The number of nitrogens with one attached hydrogen (secondary N) is 1. The van der Waals surface area contributed by atoms with Gasteiger partial charge in [0.1, 0.15) is 0 Å². The largest absolute Gasteiger partial charge is 0.379 e. The highest BCUT2D eigenvalue weighted by Crippen LogP contribution is 2.12. The molecule has 0 aromatic heterocycles. The number of hydrogen-bond acceptors (Lipinski definition) is 4. The Morgan fingerprint density at radius 2 is 2.00 bits per heavy atom. The predicted molar refractivity (Wildman–Crippen MR) is 53.3 cm³/mol. The minimum Gasteiger partial charge on any atom is -0.379 e. The Balaban J connectivity index is 2.60. The summed E-state index contributed by atoms with van der Waals surface area (Å²) in [6.45, 7) is 7.04. The lowest BCUT2D eigenvalue weighted by atomic mass is 10.0. The number of carbonyl (C=O) groups excluding carboxylic acids is 1. The molecule has 1 fully saturated rings.